The van der Waals surface area contributed by atoms with Crippen LogP contribution in [0, 0.1) is 11.3 Å². The zero-order chi connectivity index (χ0) is 15.7. The Morgan fingerprint density at radius 3 is 2.81 bits per heavy atom. The molecule has 5 nitrogen and oxygen atoms in total. The Hall–Kier alpha value is -2.61. The quantitative estimate of drug-likeness (QED) is 0.592. The molecular formula is C16H18N2O3. The molecule has 0 N–H and O–H groups in total. The number of carbonyl (C=O) groups is 2. The van der Waals surface area contributed by atoms with Crippen molar-refractivity contribution in [3.05, 3.63) is 41.5 Å². The van der Waals surface area contributed by atoms with Crippen LogP contribution in [0.5, 0.6) is 0 Å². The van der Waals surface area contributed by atoms with Gasteiger partial charge in [-0.15, -0.1) is 0 Å². The number of hydrogen-bond donors (Lipinski definition) is 0. The first-order chi connectivity index (χ1) is 10.1. The Balaban J connectivity index is 2.66. The molecule has 0 atom stereocenters. The molecule has 0 radical (unpaired) electrons. The summed E-state index contributed by atoms with van der Waals surface area (Å²) in [5.41, 5.74) is 1.33. The average molecular weight is 286 g/mol. The van der Waals surface area contributed by atoms with Crippen LogP contribution < -0.4 is 0 Å². The molecule has 0 fully saturated rings. The fourth-order valence-electron chi connectivity index (χ4n) is 1.74. The van der Waals surface area contributed by atoms with Gasteiger partial charge in [0.05, 0.1) is 25.2 Å². The fraction of sp³-hybridized carbons (Fsp3) is 0.312. The van der Waals surface area contributed by atoms with Crippen molar-refractivity contribution in [3.8, 4) is 6.07 Å². The highest BCUT2D eigenvalue weighted by atomic mass is 16.5. The van der Waals surface area contributed by atoms with Crippen LogP contribution in [0.25, 0.3) is 6.08 Å². The van der Waals surface area contributed by atoms with E-state index in [-0.39, 0.29) is 18.3 Å². The van der Waals surface area contributed by atoms with Crippen LogP contribution in [-0.2, 0) is 14.3 Å². The molecule has 0 heterocycles. The van der Waals surface area contributed by atoms with E-state index in [1.54, 1.807) is 29.2 Å². The summed E-state index contributed by atoms with van der Waals surface area (Å²) in [6.45, 7) is 2.68. The molecule has 0 aliphatic heterocycles. The second kappa shape index (κ2) is 8.54. The van der Waals surface area contributed by atoms with E-state index in [1.165, 1.54) is 13.2 Å². The third-order valence-electron chi connectivity index (χ3n) is 2.94. The molecule has 0 aliphatic carbocycles. The van der Waals surface area contributed by atoms with Crippen LogP contribution in [0.15, 0.2) is 30.3 Å². The number of benzene rings is 1. The fourth-order valence-corrected chi connectivity index (χ4v) is 1.74. The van der Waals surface area contributed by atoms with E-state index >= 15 is 0 Å². The summed E-state index contributed by atoms with van der Waals surface area (Å²) in [4.78, 5) is 24.7. The molecule has 0 saturated carbocycles. The smallest absolute Gasteiger partial charge is 0.307 e. The summed E-state index contributed by atoms with van der Waals surface area (Å²) >= 11 is 0. The summed E-state index contributed by atoms with van der Waals surface area (Å²) in [6, 6.07) is 9.03. The molecule has 0 bridgehead atoms. The van der Waals surface area contributed by atoms with Gasteiger partial charge in [-0.25, -0.2) is 0 Å². The van der Waals surface area contributed by atoms with Gasteiger partial charge in [0.1, 0.15) is 0 Å². The van der Waals surface area contributed by atoms with E-state index in [0.717, 1.165) is 5.56 Å². The first kappa shape index (κ1) is 16.4. The number of ether oxygens (including phenoxy) is 1. The second-order valence-electron chi connectivity index (χ2n) is 4.31. The predicted octanol–water partition coefficient (Wildman–Crippen LogP) is 1.98. The highest BCUT2D eigenvalue weighted by Crippen LogP contribution is 2.07. The highest BCUT2D eigenvalue weighted by molar-refractivity contribution is 5.92. The molecular weight excluding hydrogens is 268 g/mol. The highest BCUT2D eigenvalue weighted by Gasteiger charge is 2.10. The molecule has 1 aromatic carbocycles. The number of esters is 1. The van der Waals surface area contributed by atoms with Crippen molar-refractivity contribution in [2.45, 2.75) is 13.3 Å². The number of nitrogens with zero attached hydrogens (tertiary/aromatic N) is 2. The van der Waals surface area contributed by atoms with Gasteiger partial charge >= 0.3 is 5.97 Å². The molecule has 1 amide bonds. The first-order valence-corrected chi connectivity index (χ1v) is 6.64. The minimum Gasteiger partial charge on any atom is -0.469 e. The van der Waals surface area contributed by atoms with Gasteiger partial charge in [-0.1, -0.05) is 12.1 Å². The van der Waals surface area contributed by atoms with E-state index in [1.807, 2.05) is 19.1 Å². The normalized spacial score (nSPS) is 10.1. The number of likely N-dealkylation sites (N-methyl/N-ethyl adjacent to an activating group) is 1. The lowest BCUT2D eigenvalue weighted by atomic mass is 10.1. The number of carbonyl (C=O) groups excluding carboxylic acids is 2. The molecule has 21 heavy (non-hydrogen) atoms. The molecule has 0 aromatic heterocycles. The largest absolute Gasteiger partial charge is 0.469 e. The minimum absolute atomic E-state index is 0.174. The second-order valence-corrected chi connectivity index (χ2v) is 4.31. The van der Waals surface area contributed by atoms with Crippen LogP contribution >= 0.6 is 0 Å². The topological polar surface area (TPSA) is 70.4 Å². The summed E-state index contributed by atoms with van der Waals surface area (Å²) in [6.07, 6.45) is 3.27. The molecule has 0 saturated heterocycles. The van der Waals surface area contributed by atoms with Gasteiger partial charge in [-0.05, 0) is 30.7 Å². The standard InChI is InChI=1S/C16H18N2O3/c1-3-18(10-9-16(20)21-2)15(19)8-7-13-5-4-6-14(11-13)12-17/h4-8,11H,3,9-10H2,1-2H3/b8-7+. The van der Waals surface area contributed by atoms with Crippen molar-refractivity contribution in [3.63, 3.8) is 0 Å². The zero-order valence-electron chi connectivity index (χ0n) is 12.2. The Bertz CT molecular complexity index is 573. The molecule has 5 heteroatoms. The van der Waals surface area contributed by atoms with Crippen molar-refractivity contribution in [1.82, 2.24) is 4.90 Å². The van der Waals surface area contributed by atoms with Crippen molar-refractivity contribution in [2.24, 2.45) is 0 Å². The summed E-state index contributed by atoms with van der Waals surface area (Å²) < 4.78 is 4.55. The zero-order valence-corrected chi connectivity index (χ0v) is 12.2. The maximum absolute atomic E-state index is 12.0. The monoisotopic (exact) mass is 286 g/mol. The van der Waals surface area contributed by atoms with Gasteiger partial charge < -0.3 is 9.64 Å². The van der Waals surface area contributed by atoms with E-state index < -0.39 is 0 Å². The van der Waals surface area contributed by atoms with Crippen LogP contribution in [0.2, 0.25) is 0 Å². The summed E-state index contributed by atoms with van der Waals surface area (Å²) in [5, 5.41) is 8.82. The Morgan fingerprint density at radius 1 is 1.43 bits per heavy atom. The van der Waals surface area contributed by atoms with Crippen LogP contribution in [0.3, 0.4) is 0 Å². The lowest BCUT2D eigenvalue weighted by Gasteiger charge is -2.18. The third kappa shape index (κ3) is 5.49. The van der Waals surface area contributed by atoms with Crippen molar-refractivity contribution in [1.29, 1.82) is 5.26 Å². The maximum Gasteiger partial charge on any atom is 0.307 e. The Kier molecular flexibility index (Phi) is 6.69. The molecule has 1 aromatic rings. The van der Waals surface area contributed by atoms with Crippen LogP contribution in [-0.4, -0.2) is 37.0 Å². The van der Waals surface area contributed by atoms with Gasteiger partial charge in [0.15, 0.2) is 0 Å². The van der Waals surface area contributed by atoms with Crippen molar-refractivity contribution >= 4 is 18.0 Å². The number of nitriles is 1. The summed E-state index contributed by atoms with van der Waals surface area (Å²) in [5.74, 6) is -0.518. The van der Waals surface area contributed by atoms with Gasteiger partial charge in [0.2, 0.25) is 5.91 Å². The van der Waals surface area contributed by atoms with Gasteiger partial charge in [-0.2, -0.15) is 5.26 Å². The number of hydrogen-bond acceptors (Lipinski definition) is 4. The lowest BCUT2D eigenvalue weighted by molar-refractivity contribution is -0.141. The van der Waals surface area contributed by atoms with Crippen LogP contribution in [0.1, 0.15) is 24.5 Å². The average Bonchev–Trinajstić information content (AvgIpc) is 2.53. The summed E-state index contributed by atoms with van der Waals surface area (Å²) in [7, 11) is 1.32. The Labute approximate surface area is 124 Å². The molecule has 0 aliphatic rings. The molecule has 1 rings (SSSR count). The third-order valence-corrected chi connectivity index (χ3v) is 2.94. The van der Waals surface area contributed by atoms with Crippen molar-refractivity contribution in [2.75, 3.05) is 20.2 Å². The van der Waals surface area contributed by atoms with Gasteiger partial charge in [0.25, 0.3) is 0 Å². The van der Waals surface area contributed by atoms with E-state index in [2.05, 4.69) is 4.74 Å². The van der Waals surface area contributed by atoms with Gasteiger partial charge in [0, 0.05) is 19.2 Å². The first-order valence-electron chi connectivity index (χ1n) is 6.64. The minimum atomic E-state index is -0.341. The predicted molar refractivity (Wildman–Crippen MR) is 79.1 cm³/mol. The Morgan fingerprint density at radius 2 is 2.19 bits per heavy atom. The molecule has 0 unspecified atom stereocenters. The lowest BCUT2D eigenvalue weighted by Crippen LogP contribution is -2.31. The number of amides is 1. The van der Waals surface area contributed by atoms with Crippen LogP contribution in [0.4, 0.5) is 0 Å². The van der Waals surface area contributed by atoms with Crippen molar-refractivity contribution < 1.29 is 14.3 Å². The van der Waals surface area contributed by atoms with E-state index in [9.17, 15) is 9.59 Å². The SMILES string of the molecule is CCN(CCC(=O)OC)C(=O)/C=C/c1cccc(C#N)c1. The van der Waals surface area contributed by atoms with E-state index in [4.69, 9.17) is 5.26 Å². The maximum atomic E-state index is 12.0. The number of methoxy groups -OCH3 is 1. The van der Waals surface area contributed by atoms with E-state index in [0.29, 0.717) is 18.7 Å². The van der Waals surface area contributed by atoms with Gasteiger partial charge in [-0.3, -0.25) is 9.59 Å². The number of rotatable bonds is 6. The molecule has 110 valence electrons. The molecule has 0 spiro atoms.